The molecule has 1 atom stereocenters. The third-order valence-corrected chi connectivity index (χ3v) is 3.62. The lowest BCUT2D eigenvalue weighted by Gasteiger charge is -2.09. The summed E-state index contributed by atoms with van der Waals surface area (Å²) in [6.07, 6.45) is -0.738. The van der Waals surface area contributed by atoms with Gasteiger partial charge in [0.05, 0.1) is 5.71 Å². The van der Waals surface area contributed by atoms with Gasteiger partial charge in [0, 0.05) is 12.0 Å². The molecule has 136 valence electrons. The normalized spacial score (nSPS) is 16.2. The van der Waals surface area contributed by atoms with Gasteiger partial charge in [0.2, 0.25) is 6.10 Å². The highest BCUT2D eigenvalue weighted by molar-refractivity contribution is 6.03. The number of oxime groups is 1. The summed E-state index contributed by atoms with van der Waals surface area (Å²) >= 11 is 0. The molecule has 0 saturated heterocycles. The molecule has 1 heterocycles. The minimum Gasteiger partial charge on any atom is -0.458 e. The summed E-state index contributed by atoms with van der Waals surface area (Å²) in [4.78, 5) is 17.1. The molecule has 0 radical (unpaired) electrons. The Hall–Kier alpha value is -3.03. The Bertz CT molecular complexity index is 808. The van der Waals surface area contributed by atoms with Gasteiger partial charge in [-0.1, -0.05) is 29.4 Å². The van der Waals surface area contributed by atoms with Crippen molar-refractivity contribution in [1.29, 1.82) is 0 Å². The molecule has 1 aliphatic rings. The van der Waals surface area contributed by atoms with Crippen molar-refractivity contribution in [3.8, 4) is 5.75 Å². The van der Waals surface area contributed by atoms with Crippen LogP contribution in [0.4, 0.5) is 13.2 Å². The van der Waals surface area contributed by atoms with E-state index in [-0.39, 0.29) is 18.8 Å². The zero-order valence-electron chi connectivity index (χ0n) is 13.4. The fourth-order valence-electron chi connectivity index (χ4n) is 2.36. The Morgan fingerprint density at radius 3 is 2.69 bits per heavy atom. The van der Waals surface area contributed by atoms with Crippen LogP contribution < -0.4 is 4.74 Å². The molecule has 0 bridgehead atoms. The average Bonchev–Trinajstić information content (AvgIpc) is 3.11. The second-order valence-corrected chi connectivity index (χ2v) is 5.48. The lowest BCUT2D eigenvalue weighted by Crippen LogP contribution is -2.23. The number of hydrogen-bond donors (Lipinski definition) is 0. The molecular weight excluding hydrogens is 351 g/mol. The van der Waals surface area contributed by atoms with Crippen LogP contribution >= 0.6 is 0 Å². The van der Waals surface area contributed by atoms with E-state index in [1.165, 1.54) is 36.4 Å². The van der Waals surface area contributed by atoms with Crippen LogP contribution in [0, 0.1) is 5.82 Å². The fraction of sp³-hybridized carbons (Fsp3) is 0.222. The van der Waals surface area contributed by atoms with E-state index in [1.54, 1.807) is 12.1 Å². The first-order valence-electron chi connectivity index (χ1n) is 7.70. The van der Waals surface area contributed by atoms with Gasteiger partial charge in [-0.25, -0.2) is 9.18 Å². The lowest BCUT2D eigenvalue weighted by molar-refractivity contribution is -0.156. The zero-order chi connectivity index (χ0) is 18.5. The molecule has 26 heavy (non-hydrogen) atoms. The van der Waals surface area contributed by atoms with E-state index in [9.17, 15) is 18.0 Å². The summed E-state index contributed by atoms with van der Waals surface area (Å²) in [5, 5.41) is 3.81. The van der Waals surface area contributed by atoms with Gasteiger partial charge in [-0.3, -0.25) is 0 Å². The number of hydrogen-bond acceptors (Lipinski definition) is 5. The molecule has 0 amide bonds. The van der Waals surface area contributed by atoms with E-state index >= 15 is 0 Å². The molecule has 0 saturated carbocycles. The molecule has 2 aromatic carbocycles. The number of benzene rings is 2. The SMILES string of the molecule is O=C(OCc1ccc(OC(F)F)cc1)C1CC(c2cccc(F)c2)=NO1. The molecule has 0 aromatic heterocycles. The predicted molar refractivity (Wildman–Crippen MR) is 85.3 cm³/mol. The molecule has 2 aromatic rings. The highest BCUT2D eigenvalue weighted by Gasteiger charge is 2.30. The Morgan fingerprint density at radius 2 is 2.00 bits per heavy atom. The Labute approximate surface area is 147 Å². The first kappa shape index (κ1) is 17.8. The number of ether oxygens (including phenoxy) is 2. The van der Waals surface area contributed by atoms with Crippen LogP contribution in [0.3, 0.4) is 0 Å². The van der Waals surface area contributed by atoms with E-state index in [4.69, 9.17) is 9.57 Å². The summed E-state index contributed by atoms with van der Waals surface area (Å²) in [6, 6.07) is 11.5. The van der Waals surface area contributed by atoms with Crippen molar-refractivity contribution in [1.82, 2.24) is 0 Å². The maximum atomic E-state index is 13.2. The summed E-state index contributed by atoms with van der Waals surface area (Å²) in [5.41, 5.74) is 1.60. The van der Waals surface area contributed by atoms with Gasteiger partial charge in [0.15, 0.2) is 0 Å². The quantitative estimate of drug-likeness (QED) is 0.733. The van der Waals surface area contributed by atoms with E-state index in [1.807, 2.05) is 0 Å². The number of rotatable bonds is 6. The van der Waals surface area contributed by atoms with Gasteiger partial charge in [-0.2, -0.15) is 8.78 Å². The van der Waals surface area contributed by atoms with Gasteiger partial charge in [0.25, 0.3) is 0 Å². The largest absolute Gasteiger partial charge is 0.458 e. The van der Waals surface area contributed by atoms with Gasteiger partial charge >= 0.3 is 12.6 Å². The molecule has 0 aliphatic carbocycles. The fourth-order valence-corrected chi connectivity index (χ4v) is 2.36. The van der Waals surface area contributed by atoms with Crippen LogP contribution in [-0.4, -0.2) is 24.4 Å². The van der Waals surface area contributed by atoms with Crippen molar-refractivity contribution in [2.24, 2.45) is 5.16 Å². The van der Waals surface area contributed by atoms with Crippen molar-refractivity contribution in [2.45, 2.75) is 25.7 Å². The second-order valence-electron chi connectivity index (χ2n) is 5.48. The predicted octanol–water partition coefficient (Wildman–Crippen LogP) is 3.66. The minimum atomic E-state index is -2.90. The number of carbonyl (C=O) groups is 1. The number of carbonyl (C=O) groups excluding carboxylic acids is 1. The lowest BCUT2D eigenvalue weighted by atomic mass is 10.1. The summed E-state index contributed by atoms with van der Waals surface area (Å²) in [7, 11) is 0. The summed E-state index contributed by atoms with van der Waals surface area (Å²) in [6.45, 7) is -2.95. The van der Waals surface area contributed by atoms with Crippen molar-refractivity contribution in [3.05, 3.63) is 65.5 Å². The minimum absolute atomic E-state index is 0.0161. The third kappa shape index (κ3) is 4.53. The smallest absolute Gasteiger partial charge is 0.387 e. The molecule has 3 rings (SSSR count). The number of esters is 1. The molecule has 1 unspecified atom stereocenters. The number of alkyl halides is 2. The van der Waals surface area contributed by atoms with Crippen LogP contribution in [0.5, 0.6) is 5.75 Å². The van der Waals surface area contributed by atoms with Crippen LogP contribution in [0.1, 0.15) is 17.5 Å². The third-order valence-electron chi connectivity index (χ3n) is 3.62. The van der Waals surface area contributed by atoms with Gasteiger partial charge in [-0.05, 0) is 29.8 Å². The molecule has 5 nitrogen and oxygen atoms in total. The van der Waals surface area contributed by atoms with Crippen LogP contribution in [0.2, 0.25) is 0 Å². The van der Waals surface area contributed by atoms with Crippen LogP contribution in [0.25, 0.3) is 0 Å². The van der Waals surface area contributed by atoms with Crippen LogP contribution in [-0.2, 0) is 21.0 Å². The van der Waals surface area contributed by atoms with Gasteiger partial charge in [0.1, 0.15) is 18.2 Å². The molecule has 1 aliphatic heterocycles. The summed E-state index contributed by atoms with van der Waals surface area (Å²) < 4.78 is 46.8. The van der Waals surface area contributed by atoms with E-state index in [0.29, 0.717) is 16.8 Å². The van der Waals surface area contributed by atoms with Gasteiger partial charge < -0.3 is 14.3 Å². The number of halogens is 3. The highest BCUT2D eigenvalue weighted by atomic mass is 19.3. The van der Waals surface area contributed by atoms with E-state index < -0.39 is 24.5 Å². The standard InChI is InChI=1S/C18H14F3NO4/c19-13-3-1-2-12(8-13)15-9-16(26-22-15)17(23)24-10-11-4-6-14(7-5-11)25-18(20)21/h1-8,16,18H,9-10H2. The Morgan fingerprint density at radius 1 is 1.23 bits per heavy atom. The topological polar surface area (TPSA) is 57.1 Å². The molecule has 0 spiro atoms. The van der Waals surface area contributed by atoms with E-state index in [2.05, 4.69) is 9.89 Å². The molecule has 8 heteroatoms. The number of nitrogens with zero attached hydrogens (tertiary/aromatic N) is 1. The second kappa shape index (κ2) is 7.90. The highest BCUT2D eigenvalue weighted by Crippen LogP contribution is 2.20. The molecule has 0 fully saturated rings. The zero-order valence-corrected chi connectivity index (χ0v) is 13.4. The Balaban J connectivity index is 1.50. The first-order valence-corrected chi connectivity index (χ1v) is 7.70. The Kier molecular flexibility index (Phi) is 5.40. The van der Waals surface area contributed by atoms with E-state index in [0.717, 1.165) is 0 Å². The van der Waals surface area contributed by atoms with Crippen LogP contribution in [0.15, 0.2) is 53.7 Å². The summed E-state index contributed by atoms with van der Waals surface area (Å²) in [5.74, 6) is -1.01. The molecule has 0 N–H and O–H groups in total. The first-order chi connectivity index (χ1) is 12.5. The van der Waals surface area contributed by atoms with Gasteiger partial charge in [-0.15, -0.1) is 0 Å². The maximum Gasteiger partial charge on any atom is 0.387 e. The van der Waals surface area contributed by atoms with Crippen molar-refractivity contribution < 1.29 is 32.3 Å². The monoisotopic (exact) mass is 365 g/mol. The average molecular weight is 365 g/mol. The van der Waals surface area contributed by atoms with Crippen molar-refractivity contribution >= 4 is 11.7 Å². The van der Waals surface area contributed by atoms with Crippen molar-refractivity contribution in [2.75, 3.05) is 0 Å². The molecular formula is C18H14F3NO4. The maximum absolute atomic E-state index is 13.2. The van der Waals surface area contributed by atoms with Crippen molar-refractivity contribution in [3.63, 3.8) is 0 Å².